The zero-order valence-electron chi connectivity index (χ0n) is 14.7. The molecule has 3 heteroatoms. The number of fused-ring (bicyclic) bond motifs is 2. The maximum atomic E-state index is 12.9. The van der Waals surface area contributed by atoms with Crippen LogP contribution in [0.25, 0.3) is 0 Å². The van der Waals surface area contributed by atoms with Crippen molar-refractivity contribution in [2.45, 2.75) is 38.7 Å². The van der Waals surface area contributed by atoms with Crippen molar-refractivity contribution < 1.29 is 14.3 Å². The van der Waals surface area contributed by atoms with Gasteiger partial charge in [0, 0.05) is 27.8 Å². The van der Waals surface area contributed by atoms with E-state index in [0.29, 0.717) is 23.1 Å². The van der Waals surface area contributed by atoms with Gasteiger partial charge in [0.15, 0.2) is 11.4 Å². The summed E-state index contributed by atoms with van der Waals surface area (Å²) in [5.74, 6) is -0.459. The summed E-state index contributed by atoms with van der Waals surface area (Å²) in [4.78, 5) is 25.4. The Hall–Kier alpha value is -2.68. The fourth-order valence-corrected chi connectivity index (χ4v) is 3.46. The van der Waals surface area contributed by atoms with Crippen LogP contribution >= 0.6 is 0 Å². The van der Waals surface area contributed by atoms with Crippen molar-refractivity contribution in [2.75, 3.05) is 0 Å². The zero-order chi connectivity index (χ0) is 18.0. The Kier molecular flexibility index (Phi) is 4.58. The summed E-state index contributed by atoms with van der Waals surface area (Å²) in [6, 6.07) is 14.9. The molecule has 0 saturated carbocycles. The van der Waals surface area contributed by atoms with Gasteiger partial charge < -0.3 is 4.74 Å². The van der Waals surface area contributed by atoms with Crippen LogP contribution < -0.4 is 0 Å². The van der Waals surface area contributed by atoms with Gasteiger partial charge >= 0.3 is 5.97 Å². The van der Waals surface area contributed by atoms with Crippen molar-refractivity contribution in [3.8, 4) is 0 Å². The molecular weight excluding hydrogens is 312 g/mol. The van der Waals surface area contributed by atoms with Crippen LogP contribution in [-0.4, -0.2) is 11.8 Å². The van der Waals surface area contributed by atoms with Gasteiger partial charge in [-0.1, -0.05) is 68.5 Å². The minimum atomic E-state index is -0.951. The van der Waals surface area contributed by atoms with Crippen molar-refractivity contribution in [3.63, 3.8) is 0 Å². The summed E-state index contributed by atoms with van der Waals surface area (Å²) in [6.45, 7) is 7.46. The Balaban J connectivity index is 2.28. The monoisotopic (exact) mass is 334 g/mol. The summed E-state index contributed by atoms with van der Waals surface area (Å²) < 4.78 is 6.05. The second-order valence-electron chi connectivity index (χ2n) is 6.52. The molecular formula is C22H22O3. The minimum absolute atomic E-state index is 0.0234. The predicted octanol–water partition coefficient (Wildman–Crippen LogP) is 4.78. The average molecular weight is 334 g/mol. The molecule has 0 radical (unpaired) electrons. The molecule has 2 aromatic rings. The van der Waals surface area contributed by atoms with E-state index in [1.54, 1.807) is 6.92 Å². The Morgan fingerprint density at radius 2 is 1.56 bits per heavy atom. The molecule has 0 N–H and O–H groups in total. The Labute approximate surface area is 148 Å². The molecule has 1 aliphatic carbocycles. The average Bonchev–Trinajstić information content (AvgIpc) is 2.64. The summed E-state index contributed by atoms with van der Waals surface area (Å²) in [6.07, 6.45) is 2.47. The van der Waals surface area contributed by atoms with Crippen LogP contribution in [0, 0.1) is 0 Å². The molecule has 25 heavy (non-hydrogen) atoms. The molecule has 1 aliphatic rings. The Morgan fingerprint density at radius 1 is 1.04 bits per heavy atom. The van der Waals surface area contributed by atoms with Crippen LogP contribution in [-0.2, 0) is 15.1 Å². The lowest BCUT2D eigenvalue weighted by Gasteiger charge is -2.39. The van der Waals surface area contributed by atoms with E-state index in [2.05, 4.69) is 13.5 Å². The van der Waals surface area contributed by atoms with Crippen LogP contribution in [0.1, 0.15) is 60.2 Å². The maximum absolute atomic E-state index is 12.9. The van der Waals surface area contributed by atoms with Crippen LogP contribution in [0.5, 0.6) is 0 Å². The summed E-state index contributed by atoms with van der Waals surface area (Å²) in [7, 11) is 0. The highest BCUT2D eigenvalue weighted by Gasteiger charge is 2.46. The standard InChI is InChI=1S/C22H22O3/c1-4-5-14-22(25-21(24)15(2)3)18-12-8-6-10-16(18)20(23)17-11-7-9-13-19(17)22/h6-13H,2,4-5,14H2,1,3H3. The number of esters is 1. The van der Waals surface area contributed by atoms with E-state index in [1.807, 2.05) is 48.5 Å². The Morgan fingerprint density at radius 3 is 2.04 bits per heavy atom. The molecule has 0 heterocycles. The first kappa shape index (κ1) is 17.2. The number of hydrogen-bond donors (Lipinski definition) is 0. The fraction of sp³-hybridized carbons (Fsp3) is 0.273. The molecule has 128 valence electrons. The van der Waals surface area contributed by atoms with Gasteiger partial charge in [-0.3, -0.25) is 4.79 Å². The molecule has 0 saturated heterocycles. The molecule has 0 amide bonds. The number of rotatable bonds is 5. The largest absolute Gasteiger partial charge is 0.446 e. The van der Waals surface area contributed by atoms with Crippen LogP contribution in [0.2, 0.25) is 0 Å². The topological polar surface area (TPSA) is 43.4 Å². The molecule has 0 atom stereocenters. The van der Waals surface area contributed by atoms with Gasteiger partial charge in [-0.2, -0.15) is 0 Å². The lowest BCUT2D eigenvalue weighted by molar-refractivity contribution is -0.152. The van der Waals surface area contributed by atoms with E-state index in [4.69, 9.17) is 4.74 Å². The van der Waals surface area contributed by atoms with Crippen molar-refractivity contribution in [1.82, 2.24) is 0 Å². The van der Waals surface area contributed by atoms with Crippen LogP contribution in [0.3, 0.4) is 0 Å². The first-order valence-electron chi connectivity index (χ1n) is 8.64. The van der Waals surface area contributed by atoms with Crippen LogP contribution in [0.4, 0.5) is 0 Å². The number of unbranched alkanes of at least 4 members (excludes halogenated alkanes) is 1. The van der Waals surface area contributed by atoms with Gasteiger partial charge in [-0.25, -0.2) is 4.79 Å². The number of benzene rings is 2. The second kappa shape index (κ2) is 6.67. The van der Waals surface area contributed by atoms with E-state index < -0.39 is 11.6 Å². The third kappa shape index (κ3) is 2.80. The predicted molar refractivity (Wildman–Crippen MR) is 97.5 cm³/mol. The van der Waals surface area contributed by atoms with Crippen molar-refractivity contribution in [3.05, 3.63) is 82.9 Å². The number of carbonyl (C=O) groups is 2. The van der Waals surface area contributed by atoms with Gasteiger partial charge in [0.1, 0.15) is 0 Å². The number of carbonyl (C=O) groups excluding carboxylic acids is 2. The van der Waals surface area contributed by atoms with Gasteiger partial charge in [-0.05, 0) is 19.8 Å². The van der Waals surface area contributed by atoms with Crippen LogP contribution in [0.15, 0.2) is 60.7 Å². The van der Waals surface area contributed by atoms with Gasteiger partial charge in [0.25, 0.3) is 0 Å². The van der Waals surface area contributed by atoms with Gasteiger partial charge in [0.2, 0.25) is 0 Å². The van der Waals surface area contributed by atoms with E-state index in [0.717, 1.165) is 24.0 Å². The fourth-order valence-electron chi connectivity index (χ4n) is 3.46. The molecule has 0 fully saturated rings. The highest BCUT2D eigenvalue weighted by molar-refractivity contribution is 6.13. The highest BCUT2D eigenvalue weighted by Crippen LogP contribution is 2.46. The highest BCUT2D eigenvalue weighted by atomic mass is 16.6. The normalized spacial score (nSPS) is 14.4. The molecule has 3 nitrogen and oxygen atoms in total. The third-order valence-corrected chi connectivity index (χ3v) is 4.71. The number of ether oxygens (including phenoxy) is 1. The first-order valence-corrected chi connectivity index (χ1v) is 8.64. The smallest absolute Gasteiger partial charge is 0.334 e. The molecule has 0 aromatic heterocycles. The maximum Gasteiger partial charge on any atom is 0.334 e. The zero-order valence-corrected chi connectivity index (χ0v) is 14.7. The molecule has 0 aliphatic heterocycles. The van der Waals surface area contributed by atoms with E-state index in [9.17, 15) is 9.59 Å². The third-order valence-electron chi connectivity index (χ3n) is 4.71. The molecule has 0 unspecified atom stereocenters. The van der Waals surface area contributed by atoms with E-state index in [1.165, 1.54) is 0 Å². The summed E-state index contributed by atoms with van der Waals surface area (Å²) in [5, 5.41) is 0. The van der Waals surface area contributed by atoms with Crippen molar-refractivity contribution >= 4 is 11.8 Å². The second-order valence-corrected chi connectivity index (χ2v) is 6.52. The lowest BCUT2D eigenvalue weighted by Crippen LogP contribution is -2.40. The SMILES string of the molecule is C=C(C)C(=O)OC1(CCCC)c2ccccc2C(=O)c2ccccc21. The lowest BCUT2D eigenvalue weighted by atomic mass is 9.71. The van der Waals surface area contributed by atoms with Gasteiger partial charge in [0.05, 0.1) is 0 Å². The molecule has 0 spiro atoms. The first-order chi connectivity index (χ1) is 12.0. The van der Waals surface area contributed by atoms with Crippen molar-refractivity contribution in [2.24, 2.45) is 0 Å². The number of ketones is 1. The summed E-state index contributed by atoms with van der Waals surface area (Å²) in [5.41, 5.74) is 2.14. The summed E-state index contributed by atoms with van der Waals surface area (Å²) >= 11 is 0. The van der Waals surface area contributed by atoms with E-state index >= 15 is 0 Å². The molecule has 2 aromatic carbocycles. The Bertz CT molecular complexity index is 798. The van der Waals surface area contributed by atoms with Gasteiger partial charge in [-0.15, -0.1) is 0 Å². The quantitative estimate of drug-likeness (QED) is 0.583. The minimum Gasteiger partial charge on any atom is -0.446 e. The van der Waals surface area contributed by atoms with Crippen molar-refractivity contribution in [1.29, 1.82) is 0 Å². The number of hydrogen-bond acceptors (Lipinski definition) is 3. The molecule has 0 bridgehead atoms. The molecule has 3 rings (SSSR count). The van der Waals surface area contributed by atoms with E-state index in [-0.39, 0.29) is 5.78 Å².